The Kier molecular flexibility index (Phi) is 13.0. The number of hydrogen-bond donors (Lipinski definition) is 2. The third-order valence-electron chi connectivity index (χ3n) is 12.9. The van der Waals surface area contributed by atoms with Crippen molar-refractivity contribution in [2.24, 2.45) is 4.99 Å². The van der Waals surface area contributed by atoms with Gasteiger partial charge in [0.05, 0.1) is 38.5 Å². The summed E-state index contributed by atoms with van der Waals surface area (Å²) in [5, 5.41) is 5.36. The molecule has 13 heteroatoms. The van der Waals surface area contributed by atoms with E-state index in [1.807, 2.05) is 16.0 Å². The smallest absolute Gasteiger partial charge is 0.407 e. The molecule has 1 saturated carbocycles. The normalized spacial score (nSPS) is 22.1. The molecule has 0 aromatic heterocycles. The summed E-state index contributed by atoms with van der Waals surface area (Å²) in [4.78, 5) is 60.4. The highest BCUT2D eigenvalue weighted by Crippen LogP contribution is 2.50. The maximum Gasteiger partial charge on any atom is 0.407 e. The number of carbonyl (C=O) groups excluding carboxylic acids is 4. The second kappa shape index (κ2) is 18.3. The number of carbonyl (C=O) groups is 4. The van der Waals surface area contributed by atoms with Gasteiger partial charge in [0.25, 0.3) is 0 Å². The summed E-state index contributed by atoms with van der Waals surface area (Å²) in [5.41, 5.74) is 12.2. The minimum atomic E-state index is -0.864. The van der Waals surface area contributed by atoms with E-state index < -0.39 is 36.5 Å². The van der Waals surface area contributed by atoms with E-state index in [9.17, 15) is 19.2 Å². The van der Waals surface area contributed by atoms with E-state index >= 15 is 0 Å². The fourth-order valence-corrected chi connectivity index (χ4v) is 9.53. The first-order valence-corrected chi connectivity index (χ1v) is 20.8. The van der Waals surface area contributed by atoms with Gasteiger partial charge in [-0.05, 0) is 115 Å². The predicted octanol–water partition coefficient (Wildman–Crippen LogP) is 6.68. The summed E-state index contributed by atoms with van der Waals surface area (Å²) in [6, 6.07) is 15.6. The summed E-state index contributed by atoms with van der Waals surface area (Å²) < 4.78 is 20.5. The molecule has 0 spiro atoms. The molecule has 4 amide bonds. The fraction of sp³-hybridized carbons (Fsp3) is 0.500. The average Bonchev–Trinajstić information content (AvgIpc) is 4.12. The number of hydrogen-bond acceptors (Lipinski definition) is 9. The zero-order valence-electron chi connectivity index (χ0n) is 35.0. The van der Waals surface area contributed by atoms with Gasteiger partial charge >= 0.3 is 12.2 Å². The maximum atomic E-state index is 14.0. The highest BCUT2D eigenvalue weighted by Gasteiger charge is 2.42. The van der Waals surface area contributed by atoms with Crippen LogP contribution >= 0.6 is 0 Å². The van der Waals surface area contributed by atoms with Crippen LogP contribution in [0.3, 0.4) is 0 Å². The lowest BCUT2D eigenvalue weighted by Crippen LogP contribution is -2.56. The number of nitrogens with one attached hydrogen (secondary N) is 2. The van der Waals surface area contributed by atoms with Crippen molar-refractivity contribution in [1.82, 2.24) is 20.4 Å². The Morgan fingerprint density at radius 3 is 1.66 bits per heavy atom. The van der Waals surface area contributed by atoms with Crippen LogP contribution in [0, 0.1) is 0 Å². The molecule has 59 heavy (non-hydrogen) atoms. The fourth-order valence-electron chi connectivity index (χ4n) is 9.53. The third kappa shape index (κ3) is 8.58. The van der Waals surface area contributed by atoms with E-state index in [0.29, 0.717) is 19.5 Å². The quantitative estimate of drug-likeness (QED) is 0.228. The van der Waals surface area contributed by atoms with Crippen LogP contribution in [-0.2, 0) is 28.5 Å². The van der Waals surface area contributed by atoms with Crippen molar-refractivity contribution in [2.75, 3.05) is 41.5 Å². The molecule has 3 fully saturated rings. The van der Waals surface area contributed by atoms with Crippen LogP contribution in [0.1, 0.15) is 82.8 Å². The van der Waals surface area contributed by atoms with Gasteiger partial charge in [-0.1, -0.05) is 48.5 Å². The lowest BCUT2D eigenvalue weighted by atomic mass is 9.93. The summed E-state index contributed by atoms with van der Waals surface area (Å²) >= 11 is 0. The van der Waals surface area contributed by atoms with Gasteiger partial charge in [0.15, 0.2) is 0 Å². The molecule has 2 aromatic carbocycles. The molecule has 6 atom stereocenters. The van der Waals surface area contributed by atoms with Crippen molar-refractivity contribution in [2.45, 2.75) is 108 Å². The molecule has 3 aliphatic heterocycles. The molecule has 0 radical (unpaired) electrons. The number of methoxy groups -OCH3 is 4. The minimum Gasteiger partial charge on any atom is -0.453 e. The van der Waals surface area contributed by atoms with Gasteiger partial charge < -0.3 is 39.4 Å². The molecular weight excluding hydrogens is 751 g/mol. The van der Waals surface area contributed by atoms with Crippen molar-refractivity contribution in [3.8, 4) is 11.1 Å². The molecule has 13 nitrogen and oxygen atoms in total. The predicted molar refractivity (Wildman–Crippen MR) is 225 cm³/mol. The van der Waals surface area contributed by atoms with E-state index in [-0.39, 0.29) is 23.9 Å². The molecule has 3 heterocycles. The summed E-state index contributed by atoms with van der Waals surface area (Å²) in [6.07, 6.45) is 7.69. The van der Waals surface area contributed by atoms with Crippen LogP contribution in [0.2, 0.25) is 0 Å². The topological polar surface area (TPSA) is 148 Å². The molecule has 0 unspecified atom stereocenters. The maximum absolute atomic E-state index is 14.0. The van der Waals surface area contributed by atoms with E-state index in [1.165, 1.54) is 49.2 Å². The van der Waals surface area contributed by atoms with Gasteiger partial charge in [0.2, 0.25) is 11.8 Å². The van der Waals surface area contributed by atoms with Crippen LogP contribution < -0.4 is 10.6 Å². The van der Waals surface area contributed by atoms with Crippen LogP contribution in [-0.4, -0.2) is 117 Å². The van der Waals surface area contributed by atoms with Gasteiger partial charge in [0.1, 0.15) is 12.1 Å². The number of allylic oxidation sites excluding steroid dienone is 4. The lowest BCUT2D eigenvalue weighted by molar-refractivity contribution is -0.137. The Labute approximate surface area is 346 Å². The first kappa shape index (κ1) is 41.9. The molecular formula is C46H57N5O8. The zero-order chi connectivity index (χ0) is 41.8. The Hall–Kier alpha value is -5.27. The number of aliphatic imine (C=N–C) groups is 1. The van der Waals surface area contributed by atoms with Crippen molar-refractivity contribution in [1.29, 1.82) is 0 Å². The SMILES string of the molecule is COC(=O)N[C@H](C(=O)N1CCC[C@H]1C1=NC=C(c2ccc(-c3ccc(C4=C5CCCC5=C([C@@H]5CCCN5C(=O)[C@@H](NC(=O)OC)[C@@H](C)OC)C4)cc3)cc2)C1)[C@@H](C)OC. The lowest BCUT2D eigenvalue weighted by Gasteiger charge is -2.32. The van der Waals surface area contributed by atoms with Crippen LogP contribution in [0.4, 0.5) is 9.59 Å². The third-order valence-corrected chi connectivity index (χ3v) is 12.9. The Morgan fingerprint density at radius 2 is 1.12 bits per heavy atom. The average molecular weight is 808 g/mol. The van der Waals surface area contributed by atoms with Gasteiger partial charge in [-0.2, -0.15) is 0 Å². The number of rotatable bonds is 13. The highest BCUT2D eigenvalue weighted by atomic mass is 16.5. The second-order valence-electron chi connectivity index (χ2n) is 16.1. The number of fused-ring (bicyclic) bond motifs is 1. The minimum absolute atomic E-state index is 0.00430. The van der Waals surface area contributed by atoms with E-state index in [1.54, 1.807) is 21.0 Å². The summed E-state index contributed by atoms with van der Waals surface area (Å²) in [6.45, 7) is 4.78. The number of nitrogens with zero attached hydrogens (tertiary/aromatic N) is 3. The Bertz CT molecular complexity index is 2050. The van der Waals surface area contributed by atoms with Gasteiger partial charge in [-0.3, -0.25) is 14.6 Å². The Balaban J connectivity index is 0.994. The van der Waals surface area contributed by atoms with Gasteiger partial charge in [-0.25, -0.2) is 9.59 Å². The monoisotopic (exact) mass is 807 g/mol. The second-order valence-corrected chi connectivity index (χ2v) is 16.1. The number of alkyl carbamates (subject to hydrolysis) is 2. The highest BCUT2D eigenvalue weighted by molar-refractivity contribution is 6.04. The number of ether oxygens (including phenoxy) is 4. The number of amides is 4. The zero-order valence-corrected chi connectivity index (χ0v) is 35.0. The largest absolute Gasteiger partial charge is 0.453 e. The summed E-state index contributed by atoms with van der Waals surface area (Å²) in [5.74, 6) is -0.334. The molecule has 7 rings (SSSR count). The molecule has 0 bridgehead atoms. The Morgan fingerprint density at radius 1 is 0.627 bits per heavy atom. The first-order chi connectivity index (χ1) is 28.6. The van der Waals surface area contributed by atoms with Crippen LogP contribution in [0.5, 0.6) is 0 Å². The molecule has 2 saturated heterocycles. The van der Waals surface area contributed by atoms with Crippen molar-refractivity contribution >= 4 is 40.9 Å². The number of likely N-dealkylation sites (tertiary alicyclic amines) is 2. The van der Waals surface area contributed by atoms with Crippen LogP contribution in [0.25, 0.3) is 22.3 Å². The van der Waals surface area contributed by atoms with Crippen molar-refractivity contribution < 1.29 is 38.1 Å². The van der Waals surface area contributed by atoms with Crippen LogP contribution in [0.15, 0.2) is 76.4 Å². The standard InChI is InChI=1S/C46H57N5O8/c1-27(56-3)41(48-45(54)58-5)43(52)50-22-8-12-39(50)37-25-36(34-10-7-11-35(34)37)32-20-18-30(19-21-32)29-14-16-31(17-15-29)33-24-38(47-26-33)40-13-9-23-51(40)44(53)42(28(2)57-4)49-46(55)59-6/h14-21,26-28,39-42H,7-13,22-25H2,1-6H3,(H,48,54)(H,49,55)/t27-,28-,39+,40+,41+,42+/m1/s1. The van der Waals surface area contributed by atoms with Crippen molar-refractivity contribution in [3.63, 3.8) is 0 Å². The van der Waals surface area contributed by atoms with E-state index in [2.05, 4.69) is 59.2 Å². The molecule has 314 valence electrons. The first-order valence-electron chi connectivity index (χ1n) is 20.8. The van der Waals surface area contributed by atoms with E-state index in [4.69, 9.17) is 23.9 Å². The van der Waals surface area contributed by atoms with Gasteiger partial charge in [-0.15, -0.1) is 0 Å². The summed E-state index contributed by atoms with van der Waals surface area (Å²) in [7, 11) is 5.63. The van der Waals surface area contributed by atoms with E-state index in [0.717, 1.165) is 79.3 Å². The molecule has 5 aliphatic rings. The molecule has 2 N–H and O–H groups in total. The number of benzene rings is 2. The van der Waals surface area contributed by atoms with Crippen molar-refractivity contribution in [3.05, 3.63) is 82.6 Å². The molecule has 2 aliphatic carbocycles. The van der Waals surface area contributed by atoms with Gasteiger partial charge in [0, 0.05) is 45.6 Å². The molecule has 2 aromatic rings.